The van der Waals surface area contributed by atoms with Crippen molar-refractivity contribution in [2.45, 2.75) is 13.5 Å². The number of hydrogen-bond donors (Lipinski definition) is 2. The Kier molecular flexibility index (Phi) is 3.37. The minimum Gasteiger partial charge on any atom is -0.478 e. The lowest BCUT2D eigenvalue weighted by Gasteiger charge is -2.07. The number of nitrogens with zero attached hydrogens (tertiary/aromatic N) is 1. The third-order valence-corrected chi connectivity index (χ3v) is 3.03. The highest BCUT2D eigenvalue weighted by Gasteiger charge is 2.11. The molecular weight excluding hydrogens is 246 g/mol. The van der Waals surface area contributed by atoms with Crippen molar-refractivity contribution in [1.82, 2.24) is 4.57 Å². The largest absolute Gasteiger partial charge is 0.478 e. The molecule has 1 aromatic carbocycles. The third kappa shape index (κ3) is 2.65. The number of carbonyl (C=O) groups is 2. The van der Waals surface area contributed by atoms with E-state index in [1.165, 1.54) is 12.1 Å². The van der Waals surface area contributed by atoms with Crippen LogP contribution < -0.4 is 0 Å². The van der Waals surface area contributed by atoms with Gasteiger partial charge in [-0.1, -0.05) is 12.1 Å². The van der Waals surface area contributed by atoms with Gasteiger partial charge in [-0.05, 0) is 30.7 Å². The lowest BCUT2D eigenvalue weighted by molar-refractivity contribution is 0.0685. The van der Waals surface area contributed by atoms with Gasteiger partial charge in [-0.15, -0.1) is 0 Å². The molecule has 2 N–H and O–H groups in total. The van der Waals surface area contributed by atoms with Crippen molar-refractivity contribution in [2.24, 2.45) is 0 Å². The predicted molar refractivity (Wildman–Crippen MR) is 68.6 cm³/mol. The molecule has 5 heteroatoms. The molecule has 0 fully saturated rings. The molecule has 0 aliphatic carbocycles. The molecule has 0 aliphatic rings. The van der Waals surface area contributed by atoms with Crippen molar-refractivity contribution in [2.75, 3.05) is 0 Å². The van der Waals surface area contributed by atoms with Crippen molar-refractivity contribution in [3.63, 3.8) is 0 Å². The van der Waals surface area contributed by atoms with Crippen LogP contribution in [0.4, 0.5) is 0 Å². The van der Waals surface area contributed by atoms with Crippen LogP contribution in [0.3, 0.4) is 0 Å². The molecule has 5 nitrogen and oxygen atoms in total. The molecule has 1 heterocycles. The summed E-state index contributed by atoms with van der Waals surface area (Å²) >= 11 is 0. The van der Waals surface area contributed by atoms with E-state index >= 15 is 0 Å². The average molecular weight is 259 g/mol. The predicted octanol–water partition coefficient (Wildman–Crippen LogP) is 2.24. The summed E-state index contributed by atoms with van der Waals surface area (Å²) in [6.07, 6.45) is 1.71. The van der Waals surface area contributed by atoms with Gasteiger partial charge >= 0.3 is 11.9 Å². The van der Waals surface area contributed by atoms with Crippen molar-refractivity contribution in [1.29, 1.82) is 0 Å². The number of carboxylic acid groups (broad SMARTS) is 2. The standard InChI is InChI=1S/C14H13NO4/c1-9-12(14(18)19)6-7-15(9)8-10-2-4-11(5-3-10)13(16)17/h2-7H,8H2,1H3,(H,16,17)(H,18,19). The van der Waals surface area contributed by atoms with E-state index in [4.69, 9.17) is 10.2 Å². The Balaban J connectivity index is 2.21. The van der Waals surface area contributed by atoms with E-state index in [9.17, 15) is 9.59 Å². The molecule has 0 unspecified atom stereocenters. The summed E-state index contributed by atoms with van der Waals surface area (Å²) < 4.78 is 1.82. The Hall–Kier alpha value is -2.56. The second-order valence-corrected chi connectivity index (χ2v) is 4.25. The van der Waals surface area contributed by atoms with Gasteiger partial charge in [-0.25, -0.2) is 9.59 Å². The maximum absolute atomic E-state index is 10.9. The molecule has 0 aliphatic heterocycles. The molecule has 2 rings (SSSR count). The summed E-state index contributed by atoms with van der Waals surface area (Å²) in [7, 11) is 0. The summed E-state index contributed by atoms with van der Waals surface area (Å²) in [6.45, 7) is 2.26. The fourth-order valence-corrected chi connectivity index (χ4v) is 1.90. The number of rotatable bonds is 4. The molecule has 0 saturated carbocycles. The first-order chi connectivity index (χ1) is 8.99. The number of hydrogen-bond acceptors (Lipinski definition) is 2. The normalized spacial score (nSPS) is 10.4. The van der Waals surface area contributed by atoms with Crippen LogP contribution in [0.5, 0.6) is 0 Å². The first kappa shape index (κ1) is 12.9. The van der Waals surface area contributed by atoms with E-state index in [0.717, 1.165) is 5.56 Å². The van der Waals surface area contributed by atoms with E-state index < -0.39 is 11.9 Å². The Morgan fingerprint density at radius 3 is 2.16 bits per heavy atom. The van der Waals surface area contributed by atoms with Crippen LogP contribution in [0, 0.1) is 6.92 Å². The maximum Gasteiger partial charge on any atom is 0.337 e. The summed E-state index contributed by atoms with van der Waals surface area (Å²) in [5.74, 6) is -1.91. The molecule has 0 amide bonds. The number of aromatic carboxylic acids is 2. The average Bonchev–Trinajstić information content (AvgIpc) is 2.72. The van der Waals surface area contributed by atoms with Gasteiger partial charge in [-0.2, -0.15) is 0 Å². The number of aromatic nitrogens is 1. The lowest BCUT2D eigenvalue weighted by atomic mass is 10.1. The maximum atomic E-state index is 10.9. The Morgan fingerprint density at radius 2 is 1.68 bits per heavy atom. The molecule has 0 atom stereocenters. The second-order valence-electron chi connectivity index (χ2n) is 4.25. The molecule has 98 valence electrons. The van der Waals surface area contributed by atoms with Crippen molar-refractivity contribution in [3.05, 3.63) is 58.9 Å². The molecule has 1 aromatic heterocycles. The van der Waals surface area contributed by atoms with E-state index in [2.05, 4.69) is 0 Å². The van der Waals surface area contributed by atoms with Crippen LogP contribution in [-0.2, 0) is 6.54 Å². The van der Waals surface area contributed by atoms with Gasteiger partial charge in [0.05, 0.1) is 11.1 Å². The Morgan fingerprint density at radius 1 is 1.05 bits per heavy atom. The van der Waals surface area contributed by atoms with Crippen LogP contribution in [0.1, 0.15) is 32.0 Å². The van der Waals surface area contributed by atoms with Crippen molar-refractivity contribution < 1.29 is 19.8 Å². The van der Waals surface area contributed by atoms with Crippen LogP contribution in [0.25, 0.3) is 0 Å². The Bertz CT molecular complexity index is 625. The minimum absolute atomic E-state index is 0.235. The monoisotopic (exact) mass is 259 g/mol. The summed E-state index contributed by atoms with van der Waals surface area (Å²) in [6, 6.07) is 8.08. The van der Waals surface area contributed by atoms with E-state index in [-0.39, 0.29) is 11.1 Å². The van der Waals surface area contributed by atoms with E-state index in [1.54, 1.807) is 31.3 Å². The van der Waals surface area contributed by atoms with Gasteiger partial charge < -0.3 is 14.8 Å². The molecule has 0 spiro atoms. The smallest absolute Gasteiger partial charge is 0.337 e. The molecule has 0 radical (unpaired) electrons. The van der Waals surface area contributed by atoms with Crippen molar-refractivity contribution in [3.8, 4) is 0 Å². The quantitative estimate of drug-likeness (QED) is 0.882. The van der Waals surface area contributed by atoms with Gasteiger partial charge in [0, 0.05) is 18.4 Å². The fourth-order valence-electron chi connectivity index (χ4n) is 1.90. The zero-order chi connectivity index (χ0) is 14.0. The van der Waals surface area contributed by atoms with E-state index in [0.29, 0.717) is 12.2 Å². The fraction of sp³-hybridized carbons (Fsp3) is 0.143. The Labute approximate surface area is 109 Å². The first-order valence-electron chi connectivity index (χ1n) is 5.70. The van der Waals surface area contributed by atoms with Gasteiger partial charge in [-0.3, -0.25) is 0 Å². The highest BCUT2D eigenvalue weighted by molar-refractivity contribution is 5.89. The zero-order valence-corrected chi connectivity index (χ0v) is 10.3. The van der Waals surface area contributed by atoms with E-state index in [1.807, 2.05) is 4.57 Å². The van der Waals surface area contributed by atoms with Crippen LogP contribution in [0.15, 0.2) is 36.5 Å². The molecule has 19 heavy (non-hydrogen) atoms. The third-order valence-electron chi connectivity index (χ3n) is 3.03. The first-order valence-corrected chi connectivity index (χ1v) is 5.70. The van der Waals surface area contributed by atoms with Gasteiger partial charge in [0.2, 0.25) is 0 Å². The topological polar surface area (TPSA) is 79.5 Å². The van der Waals surface area contributed by atoms with Gasteiger partial charge in [0.15, 0.2) is 0 Å². The van der Waals surface area contributed by atoms with Gasteiger partial charge in [0.1, 0.15) is 0 Å². The molecular formula is C14H13NO4. The summed E-state index contributed by atoms with van der Waals surface area (Å²) in [5, 5.41) is 17.8. The zero-order valence-electron chi connectivity index (χ0n) is 10.3. The van der Waals surface area contributed by atoms with Crippen molar-refractivity contribution >= 4 is 11.9 Å². The lowest BCUT2D eigenvalue weighted by Crippen LogP contribution is -2.04. The summed E-state index contributed by atoms with van der Waals surface area (Å²) in [5.41, 5.74) is 2.11. The number of benzene rings is 1. The highest BCUT2D eigenvalue weighted by atomic mass is 16.4. The van der Waals surface area contributed by atoms with Gasteiger partial charge in [0.25, 0.3) is 0 Å². The second kappa shape index (κ2) is 4.97. The summed E-state index contributed by atoms with van der Waals surface area (Å²) in [4.78, 5) is 21.7. The SMILES string of the molecule is Cc1c(C(=O)O)ccn1Cc1ccc(C(=O)O)cc1. The molecule has 0 saturated heterocycles. The highest BCUT2D eigenvalue weighted by Crippen LogP contribution is 2.13. The molecule has 2 aromatic rings. The minimum atomic E-state index is -0.961. The van der Waals surface area contributed by atoms with Crippen LogP contribution >= 0.6 is 0 Å². The number of carboxylic acids is 2. The van der Waals surface area contributed by atoms with Crippen LogP contribution in [0.2, 0.25) is 0 Å². The van der Waals surface area contributed by atoms with Crippen LogP contribution in [-0.4, -0.2) is 26.7 Å². The molecule has 0 bridgehead atoms.